The number of carbonyl (C=O) groups excluding carboxylic acids is 1. The Morgan fingerprint density at radius 1 is 1.00 bits per heavy atom. The lowest BCUT2D eigenvalue weighted by atomic mass is 10.1. The van der Waals surface area contributed by atoms with E-state index in [9.17, 15) is 18.0 Å². The van der Waals surface area contributed by atoms with Crippen LogP contribution in [0.25, 0.3) is 0 Å². The number of hydrogen-bond donors (Lipinski definition) is 0. The first kappa shape index (κ1) is 20.3. The van der Waals surface area contributed by atoms with Gasteiger partial charge in [0, 0.05) is 38.3 Å². The second-order valence-electron chi connectivity index (χ2n) is 7.19. The summed E-state index contributed by atoms with van der Waals surface area (Å²) in [5, 5.41) is 0. The van der Waals surface area contributed by atoms with Gasteiger partial charge in [0.2, 0.25) is 6.79 Å². The van der Waals surface area contributed by atoms with Crippen molar-refractivity contribution in [2.45, 2.75) is 12.7 Å². The van der Waals surface area contributed by atoms with Gasteiger partial charge in [0.05, 0.1) is 0 Å². The van der Waals surface area contributed by atoms with Crippen LogP contribution in [-0.4, -0.2) is 61.5 Å². The number of rotatable bonds is 5. The molecule has 1 fully saturated rings. The molecule has 0 radical (unpaired) electrons. The molecule has 160 valence electrons. The molecule has 0 bridgehead atoms. The van der Waals surface area contributed by atoms with E-state index >= 15 is 0 Å². The first-order valence-electron chi connectivity index (χ1n) is 9.57. The van der Waals surface area contributed by atoms with E-state index in [4.69, 9.17) is 14.2 Å². The van der Waals surface area contributed by atoms with E-state index in [1.54, 1.807) is 11.0 Å². The fraction of sp³-hybridized carbons (Fsp3) is 0.381. The number of alkyl halides is 3. The van der Waals surface area contributed by atoms with Crippen molar-refractivity contribution in [3.8, 4) is 17.2 Å². The van der Waals surface area contributed by atoms with Gasteiger partial charge in [-0.1, -0.05) is 12.1 Å². The molecule has 2 aromatic carbocycles. The molecule has 0 spiro atoms. The van der Waals surface area contributed by atoms with Gasteiger partial charge in [-0.05, 0) is 35.9 Å². The van der Waals surface area contributed by atoms with Gasteiger partial charge in [-0.25, -0.2) is 0 Å². The van der Waals surface area contributed by atoms with Crippen molar-refractivity contribution in [1.29, 1.82) is 0 Å². The summed E-state index contributed by atoms with van der Waals surface area (Å²) in [6.45, 7) is 2.06. The van der Waals surface area contributed by atoms with Crippen LogP contribution in [0.3, 0.4) is 0 Å². The number of fused-ring (bicyclic) bond motifs is 1. The van der Waals surface area contributed by atoms with Gasteiger partial charge in [-0.2, -0.15) is 13.2 Å². The van der Waals surface area contributed by atoms with Gasteiger partial charge in [0.15, 0.2) is 18.1 Å². The van der Waals surface area contributed by atoms with Gasteiger partial charge >= 0.3 is 6.18 Å². The molecule has 6 nitrogen and oxygen atoms in total. The van der Waals surface area contributed by atoms with E-state index in [1.165, 1.54) is 18.2 Å². The third kappa shape index (κ3) is 4.96. The van der Waals surface area contributed by atoms with E-state index < -0.39 is 12.8 Å². The molecular formula is C21H21F3N2O4. The van der Waals surface area contributed by atoms with Crippen molar-refractivity contribution in [1.82, 2.24) is 9.80 Å². The van der Waals surface area contributed by atoms with E-state index in [1.807, 2.05) is 18.2 Å². The Kier molecular flexibility index (Phi) is 5.72. The molecule has 4 rings (SSSR count). The summed E-state index contributed by atoms with van der Waals surface area (Å²) in [5.41, 5.74) is 1.42. The summed E-state index contributed by atoms with van der Waals surface area (Å²) in [6, 6.07) is 11.7. The fourth-order valence-corrected chi connectivity index (χ4v) is 3.47. The highest BCUT2D eigenvalue weighted by atomic mass is 19.4. The zero-order chi connectivity index (χ0) is 21.1. The summed E-state index contributed by atoms with van der Waals surface area (Å²) >= 11 is 0. The number of ether oxygens (including phenoxy) is 3. The number of benzene rings is 2. The Balaban J connectivity index is 1.31. The van der Waals surface area contributed by atoms with Gasteiger partial charge < -0.3 is 19.1 Å². The Morgan fingerprint density at radius 2 is 1.77 bits per heavy atom. The molecule has 2 aliphatic rings. The molecule has 9 heteroatoms. The van der Waals surface area contributed by atoms with E-state index in [-0.39, 0.29) is 18.4 Å². The molecule has 1 saturated heterocycles. The minimum absolute atomic E-state index is 0.0274. The minimum Gasteiger partial charge on any atom is -0.484 e. The van der Waals surface area contributed by atoms with Crippen LogP contribution < -0.4 is 14.2 Å². The second-order valence-corrected chi connectivity index (χ2v) is 7.19. The first-order chi connectivity index (χ1) is 14.4. The van der Waals surface area contributed by atoms with Crippen LogP contribution in [0, 0.1) is 0 Å². The average molecular weight is 422 g/mol. The Morgan fingerprint density at radius 3 is 2.53 bits per heavy atom. The second kappa shape index (κ2) is 8.43. The Hall–Kier alpha value is -2.94. The Bertz CT molecular complexity index is 911. The van der Waals surface area contributed by atoms with Crippen molar-refractivity contribution < 1.29 is 32.2 Å². The number of nitrogens with zero attached hydrogens (tertiary/aromatic N) is 2. The predicted molar refractivity (Wildman–Crippen MR) is 102 cm³/mol. The van der Waals surface area contributed by atoms with Crippen molar-refractivity contribution in [3.05, 3.63) is 53.6 Å². The molecule has 0 aliphatic carbocycles. The van der Waals surface area contributed by atoms with Crippen molar-refractivity contribution in [3.63, 3.8) is 0 Å². The number of carbonyl (C=O) groups is 1. The molecule has 2 heterocycles. The predicted octanol–water partition coefficient (Wildman–Crippen LogP) is 3.31. The third-order valence-electron chi connectivity index (χ3n) is 4.99. The average Bonchev–Trinajstić information content (AvgIpc) is 3.20. The number of halogens is 3. The number of piperazine rings is 1. The smallest absolute Gasteiger partial charge is 0.422 e. The minimum atomic E-state index is -4.42. The molecule has 2 aromatic rings. The lowest BCUT2D eigenvalue weighted by Crippen LogP contribution is -2.48. The lowest BCUT2D eigenvalue weighted by Gasteiger charge is -2.34. The summed E-state index contributed by atoms with van der Waals surface area (Å²) in [6.07, 6.45) is -4.42. The topological polar surface area (TPSA) is 51.2 Å². The quantitative estimate of drug-likeness (QED) is 0.740. The normalized spacial score (nSPS) is 16.6. The molecule has 30 heavy (non-hydrogen) atoms. The molecule has 0 saturated carbocycles. The van der Waals surface area contributed by atoms with Gasteiger partial charge in [0.25, 0.3) is 5.91 Å². The SMILES string of the molecule is O=C(c1cccc(OCC(F)(F)F)c1)N1CCN(Cc2ccc3c(c2)OCO3)CC1. The van der Waals surface area contributed by atoms with Crippen LogP contribution in [-0.2, 0) is 6.54 Å². The van der Waals surface area contributed by atoms with Crippen LogP contribution in [0.15, 0.2) is 42.5 Å². The molecule has 0 unspecified atom stereocenters. The van der Waals surface area contributed by atoms with Crippen molar-refractivity contribution in [2.24, 2.45) is 0 Å². The lowest BCUT2D eigenvalue weighted by molar-refractivity contribution is -0.153. The summed E-state index contributed by atoms with van der Waals surface area (Å²) in [4.78, 5) is 16.7. The maximum Gasteiger partial charge on any atom is 0.422 e. The summed E-state index contributed by atoms with van der Waals surface area (Å²) in [7, 11) is 0. The standard InChI is InChI=1S/C21H21F3N2O4/c22-21(23,24)13-28-17-3-1-2-16(11-17)20(27)26-8-6-25(7-9-26)12-15-4-5-18-19(10-15)30-14-29-18/h1-5,10-11H,6-9,12-14H2. The van der Waals surface area contributed by atoms with E-state index in [0.29, 0.717) is 31.7 Å². The van der Waals surface area contributed by atoms with Crippen LogP contribution in [0.1, 0.15) is 15.9 Å². The highest BCUT2D eigenvalue weighted by Gasteiger charge is 2.29. The van der Waals surface area contributed by atoms with Crippen molar-refractivity contribution in [2.75, 3.05) is 39.6 Å². The van der Waals surface area contributed by atoms with Crippen LogP contribution in [0.2, 0.25) is 0 Å². The highest BCUT2D eigenvalue weighted by Crippen LogP contribution is 2.33. The largest absolute Gasteiger partial charge is 0.484 e. The summed E-state index contributed by atoms with van der Waals surface area (Å²) in [5.74, 6) is 1.30. The maximum atomic E-state index is 12.7. The van der Waals surface area contributed by atoms with Crippen LogP contribution >= 0.6 is 0 Å². The molecule has 1 amide bonds. The molecule has 0 aromatic heterocycles. The van der Waals surface area contributed by atoms with Gasteiger partial charge in [-0.3, -0.25) is 9.69 Å². The first-order valence-corrected chi connectivity index (χ1v) is 9.57. The Labute approximate surface area is 171 Å². The van der Waals surface area contributed by atoms with E-state index in [2.05, 4.69) is 4.90 Å². The number of amides is 1. The van der Waals surface area contributed by atoms with Crippen LogP contribution in [0.5, 0.6) is 17.2 Å². The highest BCUT2D eigenvalue weighted by molar-refractivity contribution is 5.94. The maximum absolute atomic E-state index is 12.7. The summed E-state index contributed by atoms with van der Waals surface area (Å²) < 4.78 is 52.5. The number of hydrogen-bond acceptors (Lipinski definition) is 5. The van der Waals surface area contributed by atoms with Crippen LogP contribution in [0.4, 0.5) is 13.2 Å². The van der Waals surface area contributed by atoms with E-state index in [0.717, 1.165) is 23.6 Å². The zero-order valence-corrected chi connectivity index (χ0v) is 16.2. The monoisotopic (exact) mass is 422 g/mol. The molecule has 0 atom stereocenters. The van der Waals surface area contributed by atoms with Gasteiger partial charge in [0.1, 0.15) is 5.75 Å². The van der Waals surface area contributed by atoms with Crippen molar-refractivity contribution >= 4 is 5.91 Å². The molecular weight excluding hydrogens is 401 g/mol. The molecule has 2 aliphatic heterocycles. The zero-order valence-electron chi connectivity index (χ0n) is 16.2. The fourth-order valence-electron chi connectivity index (χ4n) is 3.47. The third-order valence-corrected chi connectivity index (χ3v) is 4.99. The molecule has 0 N–H and O–H groups in total. The van der Waals surface area contributed by atoms with Gasteiger partial charge in [-0.15, -0.1) is 0 Å².